The highest BCUT2D eigenvalue weighted by Gasteiger charge is 2.25. The van der Waals surface area contributed by atoms with E-state index in [2.05, 4.69) is 0 Å². The second-order valence-electron chi connectivity index (χ2n) is 3.54. The maximum absolute atomic E-state index is 11.5. The van der Waals surface area contributed by atoms with Crippen molar-refractivity contribution in [3.8, 4) is 11.5 Å². The fourth-order valence-electron chi connectivity index (χ4n) is 0.872. The fourth-order valence-corrected chi connectivity index (χ4v) is 0.982. The summed E-state index contributed by atoms with van der Waals surface area (Å²) >= 11 is 2.04. The minimum absolute atomic E-state index is 0.256. The van der Waals surface area contributed by atoms with Crippen LogP contribution in [0.2, 0.25) is 0 Å². The first-order valence-electron chi connectivity index (χ1n) is 4.49. The largest absolute Gasteiger partial charge is 0.497 e. The highest BCUT2D eigenvalue weighted by atomic mass is 127. The number of alkyl halides is 1. The minimum Gasteiger partial charge on any atom is -0.497 e. The third-order valence-corrected chi connectivity index (χ3v) is 2.20. The van der Waals surface area contributed by atoms with E-state index in [1.807, 2.05) is 22.6 Å². The number of rotatable bonds is 3. The Labute approximate surface area is 103 Å². The molecule has 82 valence electrons. The Morgan fingerprint density at radius 1 is 1.20 bits per heavy atom. The number of hydrogen-bond acceptors (Lipinski definition) is 3. The second kappa shape index (κ2) is 4.83. The van der Waals surface area contributed by atoms with Crippen LogP contribution in [0.25, 0.3) is 0 Å². The van der Waals surface area contributed by atoms with Gasteiger partial charge in [0.1, 0.15) is 14.9 Å². The molecule has 0 heterocycles. The number of halogens is 1. The Morgan fingerprint density at radius 2 is 1.67 bits per heavy atom. The van der Waals surface area contributed by atoms with Crippen molar-refractivity contribution in [3.63, 3.8) is 0 Å². The van der Waals surface area contributed by atoms with E-state index in [-0.39, 0.29) is 5.97 Å². The summed E-state index contributed by atoms with van der Waals surface area (Å²) in [7, 11) is 1.59. The van der Waals surface area contributed by atoms with Crippen molar-refractivity contribution < 1.29 is 14.3 Å². The summed E-state index contributed by atoms with van der Waals surface area (Å²) in [5, 5.41) is 0. The summed E-state index contributed by atoms with van der Waals surface area (Å²) in [5.74, 6) is 1.02. The monoisotopic (exact) mass is 320 g/mol. The summed E-state index contributed by atoms with van der Waals surface area (Å²) < 4.78 is 9.66. The highest BCUT2D eigenvalue weighted by Crippen LogP contribution is 2.22. The summed E-state index contributed by atoms with van der Waals surface area (Å²) in [6.45, 7) is 3.61. The van der Waals surface area contributed by atoms with Crippen LogP contribution in [0.15, 0.2) is 24.3 Å². The summed E-state index contributed by atoms with van der Waals surface area (Å²) in [4.78, 5) is 11.5. The molecular weight excluding hydrogens is 307 g/mol. The molecule has 1 rings (SSSR count). The van der Waals surface area contributed by atoms with Gasteiger partial charge in [-0.25, -0.2) is 0 Å². The molecule has 0 aliphatic heterocycles. The van der Waals surface area contributed by atoms with E-state index in [1.54, 1.807) is 45.2 Å². The molecule has 0 unspecified atom stereocenters. The van der Waals surface area contributed by atoms with E-state index < -0.39 is 3.42 Å². The van der Waals surface area contributed by atoms with Gasteiger partial charge in [-0.3, -0.25) is 4.79 Å². The van der Waals surface area contributed by atoms with E-state index >= 15 is 0 Å². The van der Waals surface area contributed by atoms with Crippen LogP contribution in [0, 0.1) is 0 Å². The minimum atomic E-state index is -0.516. The normalized spacial score (nSPS) is 10.9. The van der Waals surface area contributed by atoms with Gasteiger partial charge < -0.3 is 9.47 Å². The number of carbonyl (C=O) groups is 1. The van der Waals surface area contributed by atoms with Crippen LogP contribution in [-0.4, -0.2) is 16.5 Å². The van der Waals surface area contributed by atoms with E-state index in [9.17, 15) is 4.79 Å². The van der Waals surface area contributed by atoms with Crippen LogP contribution >= 0.6 is 22.6 Å². The zero-order chi connectivity index (χ0) is 11.5. The molecule has 0 spiro atoms. The molecule has 4 heteroatoms. The van der Waals surface area contributed by atoms with Crippen LogP contribution < -0.4 is 9.47 Å². The molecule has 1 aromatic rings. The zero-order valence-corrected chi connectivity index (χ0v) is 11.1. The fraction of sp³-hybridized carbons (Fsp3) is 0.364. The molecule has 15 heavy (non-hydrogen) atoms. The van der Waals surface area contributed by atoms with Gasteiger partial charge in [-0.2, -0.15) is 0 Å². The number of carbonyl (C=O) groups excluding carboxylic acids is 1. The van der Waals surface area contributed by atoms with Crippen LogP contribution in [0.4, 0.5) is 0 Å². The Kier molecular flexibility index (Phi) is 3.96. The molecule has 1 aromatic carbocycles. The predicted molar refractivity (Wildman–Crippen MR) is 66.7 cm³/mol. The second-order valence-corrected chi connectivity index (χ2v) is 6.23. The van der Waals surface area contributed by atoms with Crippen molar-refractivity contribution in [2.24, 2.45) is 0 Å². The maximum atomic E-state index is 11.5. The summed E-state index contributed by atoms with van der Waals surface area (Å²) in [6, 6.07) is 6.92. The molecule has 0 aliphatic carbocycles. The average molecular weight is 320 g/mol. The quantitative estimate of drug-likeness (QED) is 0.372. The number of benzene rings is 1. The molecule has 0 saturated carbocycles. The average Bonchev–Trinajstić information content (AvgIpc) is 2.17. The van der Waals surface area contributed by atoms with Crippen LogP contribution in [-0.2, 0) is 4.79 Å². The molecule has 3 nitrogen and oxygen atoms in total. The standard InChI is InChI=1S/C11H13IO3/c1-11(2,12)10(13)15-9-6-4-8(14-3)5-7-9/h4-7H,1-3H3. The predicted octanol–water partition coefficient (Wildman–Crippen LogP) is 2.81. The highest BCUT2D eigenvalue weighted by molar-refractivity contribution is 14.1. The van der Waals surface area contributed by atoms with Crippen LogP contribution in [0.5, 0.6) is 11.5 Å². The first-order valence-corrected chi connectivity index (χ1v) is 5.56. The molecule has 0 aromatic heterocycles. The summed E-state index contributed by atoms with van der Waals surface area (Å²) in [5.41, 5.74) is 0. The molecular formula is C11H13IO3. The van der Waals surface area contributed by atoms with Gasteiger partial charge in [-0.1, -0.05) is 22.6 Å². The van der Waals surface area contributed by atoms with Crippen molar-refractivity contribution in [2.45, 2.75) is 17.3 Å². The van der Waals surface area contributed by atoms with Crippen LogP contribution in [0.1, 0.15) is 13.8 Å². The van der Waals surface area contributed by atoms with Crippen molar-refractivity contribution in [1.29, 1.82) is 0 Å². The molecule has 0 radical (unpaired) electrons. The van der Waals surface area contributed by atoms with Crippen molar-refractivity contribution in [2.75, 3.05) is 7.11 Å². The first-order chi connectivity index (χ1) is 6.93. The lowest BCUT2D eigenvalue weighted by molar-refractivity contribution is -0.135. The third kappa shape index (κ3) is 3.70. The maximum Gasteiger partial charge on any atom is 0.326 e. The smallest absolute Gasteiger partial charge is 0.326 e. The van der Waals surface area contributed by atoms with E-state index in [0.717, 1.165) is 5.75 Å². The molecule has 0 aliphatic rings. The first kappa shape index (κ1) is 12.3. The lowest BCUT2D eigenvalue weighted by Crippen LogP contribution is -2.28. The van der Waals surface area contributed by atoms with Gasteiger partial charge in [-0.05, 0) is 38.1 Å². The van der Waals surface area contributed by atoms with Gasteiger partial charge in [0.15, 0.2) is 0 Å². The van der Waals surface area contributed by atoms with E-state index in [4.69, 9.17) is 9.47 Å². The Hall–Kier alpha value is -0.780. The lowest BCUT2D eigenvalue weighted by atomic mass is 10.2. The lowest BCUT2D eigenvalue weighted by Gasteiger charge is -2.14. The van der Waals surface area contributed by atoms with Crippen molar-refractivity contribution in [1.82, 2.24) is 0 Å². The Bertz CT molecular complexity index is 338. The molecule has 0 saturated heterocycles. The SMILES string of the molecule is COc1ccc(OC(=O)C(C)(C)I)cc1. The van der Waals surface area contributed by atoms with E-state index in [0.29, 0.717) is 5.75 Å². The number of hydrogen-bond donors (Lipinski definition) is 0. The Balaban J connectivity index is 2.70. The molecule has 0 bridgehead atoms. The molecule has 0 N–H and O–H groups in total. The van der Waals surface area contributed by atoms with Crippen molar-refractivity contribution >= 4 is 28.6 Å². The summed E-state index contributed by atoms with van der Waals surface area (Å²) in [6.07, 6.45) is 0. The molecule has 0 fully saturated rings. The van der Waals surface area contributed by atoms with Gasteiger partial charge >= 0.3 is 5.97 Å². The van der Waals surface area contributed by atoms with Gasteiger partial charge in [0.05, 0.1) is 7.11 Å². The van der Waals surface area contributed by atoms with Gasteiger partial charge in [0, 0.05) is 0 Å². The number of methoxy groups -OCH3 is 1. The number of ether oxygens (including phenoxy) is 2. The van der Waals surface area contributed by atoms with E-state index in [1.165, 1.54) is 0 Å². The van der Waals surface area contributed by atoms with Gasteiger partial charge in [0.25, 0.3) is 0 Å². The molecule has 0 atom stereocenters. The van der Waals surface area contributed by atoms with Crippen LogP contribution in [0.3, 0.4) is 0 Å². The van der Waals surface area contributed by atoms with Crippen molar-refractivity contribution in [3.05, 3.63) is 24.3 Å². The zero-order valence-electron chi connectivity index (χ0n) is 8.91. The topological polar surface area (TPSA) is 35.5 Å². The van der Waals surface area contributed by atoms with Gasteiger partial charge in [0.2, 0.25) is 0 Å². The third-order valence-electron chi connectivity index (χ3n) is 1.76. The Morgan fingerprint density at radius 3 is 2.07 bits per heavy atom. The number of esters is 1. The van der Waals surface area contributed by atoms with Gasteiger partial charge in [-0.15, -0.1) is 0 Å². The molecule has 0 amide bonds.